The van der Waals surface area contributed by atoms with Crippen LogP contribution in [0.2, 0.25) is 0 Å². The first-order valence-corrected chi connectivity index (χ1v) is 4.55. The number of carboxylic acid groups (broad SMARTS) is 1. The monoisotopic (exact) mass is 205 g/mol. The molecule has 0 atom stereocenters. The van der Waals surface area contributed by atoms with Crippen LogP contribution >= 0.6 is 0 Å². The number of hydrogen-bond acceptors (Lipinski definition) is 2. The Kier molecular flexibility index (Phi) is 2.43. The Morgan fingerprint density at radius 2 is 2.33 bits per heavy atom. The Hall–Kier alpha value is -1.81. The number of carbonyl (C=O) groups is 1. The minimum absolute atomic E-state index is 0.287. The van der Waals surface area contributed by atoms with Gasteiger partial charge in [0.25, 0.3) is 0 Å². The number of rotatable bonds is 3. The van der Waals surface area contributed by atoms with Gasteiger partial charge in [0.2, 0.25) is 0 Å². The highest BCUT2D eigenvalue weighted by molar-refractivity contribution is 6.02. The van der Waals surface area contributed by atoms with Crippen molar-refractivity contribution in [2.75, 3.05) is 7.11 Å². The van der Waals surface area contributed by atoms with Gasteiger partial charge < -0.3 is 14.8 Å². The van der Waals surface area contributed by atoms with Crippen LogP contribution in [0.1, 0.15) is 16.1 Å². The molecule has 0 fully saturated rings. The molecule has 0 saturated carbocycles. The molecular weight excluding hydrogens is 194 g/mol. The first-order chi connectivity index (χ1) is 7.22. The molecule has 0 radical (unpaired) electrons. The Morgan fingerprint density at radius 3 is 3.00 bits per heavy atom. The van der Waals surface area contributed by atoms with Gasteiger partial charge >= 0.3 is 5.97 Å². The molecule has 1 aromatic heterocycles. The van der Waals surface area contributed by atoms with Crippen molar-refractivity contribution in [1.29, 1.82) is 0 Å². The van der Waals surface area contributed by atoms with E-state index in [4.69, 9.17) is 9.84 Å². The zero-order valence-electron chi connectivity index (χ0n) is 8.28. The largest absolute Gasteiger partial charge is 0.478 e. The molecule has 4 nitrogen and oxygen atoms in total. The molecule has 15 heavy (non-hydrogen) atoms. The van der Waals surface area contributed by atoms with Gasteiger partial charge in [-0.05, 0) is 12.1 Å². The van der Waals surface area contributed by atoms with E-state index in [0.29, 0.717) is 12.1 Å². The molecule has 0 spiro atoms. The third-order valence-electron chi connectivity index (χ3n) is 2.24. The lowest BCUT2D eigenvalue weighted by molar-refractivity contribution is 0.0699. The van der Waals surface area contributed by atoms with E-state index in [-0.39, 0.29) is 5.56 Å². The van der Waals surface area contributed by atoms with E-state index in [9.17, 15) is 4.79 Å². The number of methoxy groups -OCH3 is 1. The molecule has 0 saturated heterocycles. The van der Waals surface area contributed by atoms with Gasteiger partial charge in [0, 0.05) is 18.2 Å². The van der Waals surface area contributed by atoms with Crippen molar-refractivity contribution < 1.29 is 14.6 Å². The summed E-state index contributed by atoms with van der Waals surface area (Å²) in [5.74, 6) is -0.925. The number of benzene rings is 1. The minimum Gasteiger partial charge on any atom is -0.478 e. The fourth-order valence-electron chi connectivity index (χ4n) is 1.63. The smallest absolute Gasteiger partial charge is 0.337 e. The highest BCUT2D eigenvalue weighted by atomic mass is 16.5. The van der Waals surface area contributed by atoms with E-state index in [1.54, 1.807) is 19.2 Å². The lowest BCUT2D eigenvalue weighted by Gasteiger charge is -1.96. The SMILES string of the molecule is COCc1cc2cccc(C(=O)O)c2[nH]1. The van der Waals surface area contributed by atoms with Crippen LogP contribution < -0.4 is 0 Å². The maximum atomic E-state index is 10.9. The summed E-state index contributed by atoms with van der Waals surface area (Å²) in [5.41, 5.74) is 1.81. The fraction of sp³-hybridized carbons (Fsp3) is 0.182. The molecule has 0 aliphatic rings. The van der Waals surface area contributed by atoms with Crippen LogP contribution in [0.3, 0.4) is 0 Å². The lowest BCUT2D eigenvalue weighted by atomic mass is 10.1. The second kappa shape index (κ2) is 3.74. The van der Waals surface area contributed by atoms with E-state index in [0.717, 1.165) is 11.1 Å². The summed E-state index contributed by atoms with van der Waals surface area (Å²) in [4.78, 5) is 14.0. The number of fused-ring (bicyclic) bond motifs is 1. The molecule has 0 bridgehead atoms. The Morgan fingerprint density at radius 1 is 1.53 bits per heavy atom. The van der Waals surface area contributed by atoms with Crippen molar-refractivity contribution in [3.63, 3.8) is 0 Å². The average Bonchev–Trinajstić information content (AvgIpc) is 2.59. The molecule has 0 unspecified atom stereocenters. The first-order valence-electron chi connectivity index (χ1n) is 4.55. The van der Waals surface area contributed by atoms with Crippen molar-refractivity contribution >= 4 is 16.9 Å². The summed E-state index contributed by atoms with van der Waals surface area (Å²) in [5, 5.41) is 9.86. The van der Waals surface area contributed by atoms with Crippen LogP contribution in [-0.2, 0) is 11.3 Å². The molecule has 2 N–H and O–H groups in total. The summed E-state index contributed by atoms with van der Waals surface area (Å²) >= 11 is 0. The van der Waals surface area contributed by atoms with E-state index < -0.39 is 5.97 Å². The van der Waals surface area contributed by atoms with Gasteiger partial charge in [-0.15, -0.1) is 0 Å². The van der Waals surface area contributed by atoms with Gasteiger partial charge in [-0.2, -0.15) is 0 Å². The van der Waals surface area contributed by atoms with Crippen LogP contribution in [-0.4, -0.2) is 23.2 Å². The van der Waals surface area contributed by atoms with E-state index in [2.05, 4.69) is 4.98 Å². The second-order valence-electron chi connectivity index (χ2n) is 3.30. The lowest BCUT2D eigenvalue weighted by Crippen LogP contribution is -1.97. The molecule has 2 rings (SSSR count). The van der Waals surface area contributed by atoms with Crippen LogP contribution in [0.25, 0.3) is 10.9 Å². The third-order valence-corrected chi connectivity index (χ3v) is 2.24. The van der Waals surface area contributed by atoms with Crippen LogP contribution in [0.15, 0.2) is 24.3 Å². The standard InChI is InChI=1S/C11H11NO3/c1-15-6-8-5-7-3-2-4-9(11(13)14)10(7)12-8/h2-5,12H,6H2,1H3,(H,13,14). The molecule has 4 heteroatoms. The number of ether oxygens (including phenoxy) is 1. The van der Waals surface area contributed by atoms with Gasteiger partial charge in [-0.25, -0.2) is 4.79 Å². The molecule has 78 valence electrons. The van der Waals surface area contributed by atoms with Crippen LogP contribution in [0, 0.1) is 0 Å². The van der Waals surface area contributed by atoms with Crippen molar-refractivity contribution in [2.45, 2.75) is 6.61 Å². The van der Waals surface area contributed by atoms with E-state index >= 15 is 0 Å². The Balaban J connectivity index is 2.59. The fourth-order valence-corrected chi connectivity index (χ4v) is 1.63. The molecule has 1 aromatic carbocycles. The average molecular weight is 205 g/mol. The number of H-pyrrole nitrogens is 1. The maximum Gasteiger partial charge on any atom is 0.337 e. The number of aromatic amines is 1. The quantitative estimate of drug-likeness (QED) is 0.805. The molecule has 0 aliphatic carbocycles. The van der Waals surface area contributed by atoms with Gasteiger partial charge in [-0.1, -0.05) is 12.1 Å². The highest BCUT2D eigenvalue weighted by Crippen LogP contribution is 2.19. The van der Waals surface area contributed by atoms with Gasteiger partial charge in [0.15, 0.2) is 0 Å². The topological polar surface area (TPSA) is 62.3 Å². The minimum atomic E-state index is -0.925. The highest BCUT2D eigenvalue weighted by Gasteiger charge is 2.10. The molecule has 0 aliphatic heterocycles. The van der Waals surface area contributed by atoms with Crippen LogP contribution in [0.5, 0.6) is 0 Å². The Labute approximate surface area is 86.5 Å². The van der Waals surface area contributed by atoms with E-state index in [1.807, 2.05) is 12.1 Å². The summed E-state index contributed by atoms with van der Waals surface area (Å²) < 4.78 is 4.98. The summed E-state index contributed by atoms with van der Waals surface area (Å²) in [7, 11) is 1.60. The summed E-state index contributed by atoms with van der Waals surface area (Å²) in [6.07, 6.45) is 0. The number of carboxylic acids is 1. The van der Waals surface area contributed by atoms with Gasteiger partial charge in [-0.3, -0.25) is 0 Å². The number of aromatic carboxylic acids is 1. The molecular formula is C11H11NO3. The number of aromatic nitrogens is 1. The Bertz CT molecular complexity index is 502. The van der Waals surface area contributed by atoms with Crippen LogP contribution in [0.4, 0.5) is 0 Å². The molecule has 2 aromatic rings. The van der Waals surface area contributed by atoms with Gasteiger partial charge in [0.05, 0.1) is 17.7 Å². The second-order valence-corrected chi connectivity index (χ2v) is 3.30. The van der Waals surface area contributed by atoms with E-state index in [1.165, 1.54) is 0 Å². The predicted molar refractivity (Wildman–Crippen MR) is 56.0 cm³/mol. The molecule has 1 heterocycles. The zero-order chi connectivity index (χ0) is 10.8. The number of nitrogens with one attached hydrogen (secondary N) is 1. The number of para-hydroxylation sites is 1. The third kappa shape index (κ3) is 1.71. The van der Waals surface area contributed by atoms with Crippen molar-refractivity contribution in [2.24, 2.45) is 0 Å². The van der Waals surface area contributed by atoms with Crippen molar-refractivity contribution in [1.82, 2.24) is 4.98 Å². The van der Waals surface area contributed by atoms with Crippen molar-refractivity contribution in [3.05, 3.63) is 35.5 Å². The zero-order valence-corrected chi connectivity index (χ0v) is 8.28. The van der Waals surface area contributed by atoms with Gasteiger partial charge in [0.1, 0.15) is 0 Å². The maximum absolute atomic E-state index is 10.9. The first kappa shape index (κ1) is 9.73. The molecule has 0 amide bonds. The summed E-state index contributed by atoms with van der Waals surface area (Å²) in [6.45, 7) is 0.452. The predicted octanol–water partition coefficient (Wildman–Crippen LogP) is 2.01. The normalized spacial score (nSPS) is 10.7. The number of hydrogen-bond donors (Lipinski definition) is 2. The summed E-state index contributed by atoms with van der Waals surface area (Å²) in [6, 6.07) is 7.08. The van der Waals surface area contributed by atoms with Crippen molar-refractivity contribution in [3.8, 4) is 0 Å².